The number of hydrogen-bond acceptors (Lipinski definition) is 4. The molecule has 0 saturated heterocycles. The third-order valence-electron chi connectivity index (χ3n) is 3.83. The van der Waals surface area contributed by atoms with Crippen LogP contribution < -0.4 is 9.47 Å². The van der Waals surface area contributed by atoms with E-state index in [0.29, 0.717) is 34.4 Å². The standard InChI is InChI=1S/C19H21ClFNO3S/c1-22(10-13-7-8-17(24-2)18(9-13)25-3)19(23)12-26-11-14-15(20)5-4-6-16(14)21/h4-9H,10-12H2,1-3H3. The molecule has 0 aromatic heterocycles. The number of amides is 1. The molecule has 2 aromatic carbocycles. The number of ether oxygens (including phenoxy) is 2. The predicted octanol–water partition coefficient (Wildman–Crippen LogP) is 4.39. The van der Waals surface area contributed by atoms with Crippen LogP contribution in [0, 0.1) is 5.82 Å². The van der Waals surface area contributed by atoms with Gasteiger partial charge in [0.2, 0.25) is 5.91 Å². The molecule has 0 saturated carbocycles. The molecule has 0 heterocycles. The van der Waals surface area contributed by atoms with Crippen molar-refractivity contribution in [3.8, 4) is 11.5 Å². The summed E-state index contributed by atoms with van der Waals surface area (Å²) in [5, 5.41) is 0.378. The van der Waals surface area contributed by atoms with Gasteiger partial charge in [-0.1, -0.05) is 23.7 Å². The second-order valence-electron chi connectivity index (χ2n) is 5.63. The molecule has 0 bridgehead atoms. The molecule has 0 fully saturated rings. The van der Waals surface area contributed by atoms with E-state index in [-0.39, 0.29) is 17.5 Å². The summed E-state index contributed by atoms with van der Waals surface area (Å²) in [6.07, 6.45) is 0. The quantitative estimate of drug-likeness (QED) is 0.662. The van der Waals surface area contributed by atoms with Crippen molar-refractivity contribution in [2.24, 2.45) is 0 Å². The average molecular weight is 398 g/mol. The molecule has 7 heteroatoms. The molecule has 0 aliphatic carbocycles. The van der Waals surface area contributed by atoms with Gasteiger partial charge in [-0.25, -0.2) is 4.39 Å². The highest BCUT2D eigenvalue weighted by molar-refractivity contribution is 7.99. The van der Waals surface area contributed by atoms with E-state index < -0.39 is 0 Å². The van der Waals surface area contributed by atoms with Crippen molar-refractivity contribution in [2.45, 2.75) is 12.3 Å². The minimum atomic E-state index is -0.351. The largest absolute Gasteiger partial charge is 0.493 e. The van der Waals surface area contributed by atoms with Crippen molar-refractivity contribution in [1.29, 1.82) is 0 Å². The van der Waals surface area contributed by atoms with Gasteiger partial charge in [0, 0.05) is 29.9 Å². The first-order chi connectivity index (χ1) is 12.5. The lowest BCUT2D eigenvalue weighted by Crippen LogP contribution is -2.27. The van der Waals surface area contributed by atoms with Gasteiger partial charge in [-0.2, -0.15) is 0 Å². The number of benzene rings is 2. The Morgan fingerprint density at radius 2 is 1.92 bits per heavy atom. The molecule has 1 amide bonds. The molecule has 2 rings (SSSR count). The smallest absolute Gasteiger partial charge is 0.232 e. The average Bonchev–Trinajstić information content (AvgIpc) is 2.63. The third kappa shape index (κ3) is 5.29. The normalized spacial score (nSPS) is 10.5. The zero-order valence-electron chi connectivity index (χ0n) is 14.9. The maximum absolute atomic E-state index is 13.7. The van der Waals surface area contributed by atoms with Gasteiger partial charge in [-0.3, -0.25) is 4.79 Å². The summed E-state index contributed by atoms with van der Waals surface area (Å²) in [6, 6.07) is 10.1. The number of methoxy groups -OCH3 is 2. The lowest BCUT2D eigenvalue weighted by molar-refractivity contribution is -0.127. The number of carbonyl (C=O) groups excluding carboxylic acids is 1. The van der Waals surface area contributed by atoms with Crippen LogP contribution in [0.15, 0.2) is 36.4 Å². The fourth-order valence-electron chi connectivity index (χ4n) is 2.36. The molecule has 0 spiro atoms. The Morgan fingerprint density at radius 1 is 1.19 bits per heavy atom. The molecule has 2 aromatic rings. The Balaban J connectivity index is 1.89. The predicted molar refractivity (Wildman–Crippen MR) is 104 cm³/mol. The Labute approximate surface area is 162 Å². The van der Waals surface area contributed by atoms with Crippen molar-refractivity contribution in [1.82, 2.24) is 4.90 Å². The van der Waals surface area contributed by atoms with E-state index in [1.807, 2.05) is 12.1 Å². The first-order valence-corrected chi connectivity index (χ1v) is 9.45. The third-order valence-corrected chi connectivity index (χ3v) is 5.13. The van der Waals surface area contributed by atoms with Crippen LogP contribution in [0.5, 0.6) is 11.5 Å². The highest BCUT2D eigenvalue weighted by atomic mass is 35.5. The van der Waals surface area contributed by atoms with Gasteiger partial charge in [0.25, 0.3) is 0 Å². The van der Waals surface area contributed by atoms with Crippen LogP contribution in [-0.2, 0) is 17.1 Å². The number of thioether (sulfide) groups is 1. The van der Waals surface area contributed by atoms with Crippen molar-refractivity contribution < 1.29 is 18.7 Å². The van der Waals surface area contributed by atoms with Crippen molar-refractivity contribution in [3.05, 3.63) is 58.4 Å². The van der Waals surface area contributed by atoms with Gasteiger partial charge in [0.15, 0.2) is 11.5 Å². The van der Waals surface area contributed by atoms with Crippen LogP contribution >= 0.6 is 23.4 Å². The summed E-state index contributed by atoms with van der Waals surface area (Å²) in [7, 11) is 4.88. The Hall–Kier alpha value is -1.92. The maximum Gasteiger partial charge on any atom is 0.232 e. The molecule has 4 nitrogen and oxygen atoms in total. The Morgan fingerprint density at radius 3 is 2.58 bits per heavy atom. The van der Waals surface area contributed by atoms with E-state index in [1.54, 1.807) is 44.4 Å². The highest BCUT2D eigenvalue weighted by Gasteiger charge is 2.13. The number of nitrogens with zero attached hydrogens (tertiary/aromatic N) is 1. The molecular weight excluding hydrogens is 377 g/mol. The summed E-state index contributed by atoms with van der Waals surface area (Å²) >= 11 is 7.33. The summed E-state index contributed by atoms with van der Waals surface area (Å²) in [4.78, 5) is 13.9. The van der Waals surface area contributed by atoms with E-state index >= 15 is 0 Å². The second kappa shape index (κ2) is 9.69. The summed E-state index contributed by atoms with van der Waals surface area (Å²) in [6.45, 7) is 0.445. The topological polar surface area (TPSA) is 38.8 Å². The maximum atomic E-state index is 13.7. The van der Waals surface area contributed by atoms with E-state index in [9.17, 15) is 9.18 Å². The van der Waals surface area contributed by atoms with Gasteiger partial charge >= 0.3 is 0 Å². The van der Waals surface area contributed by atoms with Crippen LogP contribution in [0.4, 0.5) is 4.39 Å². The van der Waals surface area contributed by atoms with Crippen molar-refractivity contribution >= 4 is 29.3 Å². The van der Waals surface area contributed by atoms with Crippen LogP contribution in [-0.4, -0.2) is 37.8 Å². The van der Waals surface area contributed by atoms with Gasteiger partial charge in [0.05, 0.1) is 20.0 Å². The zero-order chi connectivity index (χ0) is 19.1. The fourth-order valence-corrected chi connectivity index (χ4v) is 3.67. The molecular formula is C19H21ClFNO3S. The zero-order valence-corrected chi connectivity index (χ0v) is 16.5. The molecule has 26 heavy (non-hydrogen) atoms. The van der Waals surface area contributed by atoms with Gasteiger partial charge in [-0.05, 0) is 29.8 Å². The Kier molecular flexibility index (Phi) is 7.60. The molecule has 0 aliphatic rings. The van der Waals surface area contributed by atoms with Gasteiger partial charge in [0.1, 0.15) is 5.82 Å². The molecule has 0 N–H and O–H groups in total. The van der Waals surface area contributed by atoms with Crippen LogP contribution in [0.1, 0.15) is 11.1 Å². The number of rotatable bonds is 8. The van der Waals surface area contributed by atoms with E-state index in [0.717, 1.165) is 5.56 Å². The van der Waals surface area contributed by atoms with Crippen LogP contribution in [0.3, 0.4) is 0 Å². The van der Waals surface area contributed by atoms with Crippen LogP contribution in [0.2, 0.25) is 5.02 Å². The first kappa shape index (κ1) is 20.4. The SMILES string of the molecule is COc1ccc(CN(C)C(=O)CSCc2c(F)cccc2Cl)cc1OC. The molecule has 0 radical (unpaired) electrons. The molecule has 0 aliphatic heterocycles. The van der Waals surface area contributed by atoms with E-state index in [1.165, 1.54) is 17.8 Å². The molecule has 0 atom stereocenters. The Bertz CT molecular complexity index is 752. The number of carbonyl (C=O) groups is 1. The summed E-state index contributed by atoms with van der Waals surface area (Å²) in [5.74, 6) is 1.46. The lowest BCUT2D eigenvalue weighted by atomic mass is 10.2. The second-order valence-corrected chi connectivity index (χ2v) is 7.02. The molecule has 0 unspecified atom stereocenters. The van der Waals surface area contributed by atoms with E-state index in [2.05, 4.69) is 0 Å². The van der Waals surface area contributed by atoms with Crippen molar-refractivity contribution in [2.75, 3.05) is 27.0 Å². The number of hydrogen-bond donors (Lipinski definition) is 0. The molecule has 140 valence electrons. The van der Waals surface area contributed by atoms with Crippen LogP contribution in [0.25, 0.3) is 0 Å². The summed E-state index contributed by atoms with van der Waals surface area (Å²) < 4.78 is 24.2. The minimum Gasteiger partial charge on any atom is -0.493 e. The summed E-state index contributed by atoms with van der Waals surface area (Å²) in [5.41, 5.74) is 1.36. The monoisotopic (exact) mass is 397 g/mol. The first-order valence-electron chi connectivity index (χ1n) is 7.91. The highest BCUT2D eigenvalue weighted by Crippen LogP contribution is 2.28. The fraction of sp³-hybridized carbons (Fsp3) is 0.316. The lowest BCUT2D eigenvalue weighted by Gasteiger charge is -2.18. The van der Waals surface area contributed by atoms with Gasteiger partial charge in [-0.15, -0.1) is 11.8 Å². The van der Waals surface area contributed by atoms with E-state index in [4.69, 9.17) is 21.1 Å². The van der Waals surface area contributed by atoms with Gasteiger partial charge < -0.3 is 14.4 Å². The van der Waals surface area contributed by atoms with Crippen molar-refractivity contribution in [3.63, 3.8) is 0 Å². The number of halogens is 2. The minimum absolute atomic E-state index is 0.0442.